The van der Waals surface area contributed by atoms with Crippen molar-refractivity contribution in [1.82, 2.24) is 24.8 Å². The Balaban J connectivity index is 0.000000359. The zero-order valence-electron chi connectivity index (χ0n) is 26.1. The molecule has 10 nitrogen and oxygen atoms in total. The van der Waals surface area contributed by atoms with Gasteiger partial charge in [-0.15, -0.1) is 21.5 Å². The molecule has 0 radical (unpaired) electrons. The van der Waals surface area contributed by atoms with Crippen molar-refractivity contribution < 1.29 is 18.2 Å². The van der Waals surface area contributed by atoms with Crippen LogP contribution in [0.3, 0.4) is 0 Å². The molecule has 2 aliphatic carbocycles. The molecule has 6 rings (SSSR count). The van der Waals surface area contributed by atoms with Gasteiger partial charge >= 0.3 is 0 Å². The lowest BCUT2D eigenvalue weighted by atomic mass is 9.89. The molecule has 3 heterocycles. The molecule has 12 heteroatoms. The Morgan fingerprint density at radius 3 is 2.40 bits per heavy atom. The van der Waals surface area contributed by atoms with Crippen molar-refractivity contribution in [2.24, 2.45) is 0 Å². The first-order chi connectivity index (χ1) is 21.0. The minimum atomic E-state index is -0.885. The van der Waals surface area contributed by atoms with Gasteiger partial charge in [-0.3, -0.25) is 4.79 Å². The lowest BCUT2D eigenvalue weighted by Crippen LogP contribution is -2.42. The summed E-state index contributed by atoms with van der Waals surface area (Å²) in [5.74, 6) is 2.32. The Labute approximate surface area is 261 Å². The molecule has 3 unspecified atom stereocenters. The molecule has 0 bridgehead atoms. The second-order valence-electron chi connectivity index (χ2n) is 9.92. The van der Waals surface area contributed by atoms with Crippen LogP contribution in [0.15, 0.2) is 28.7 Å². The van der Waals surface area contributed by atoms with Gasteiger partial charge in [0.05, 0.1) is 29.5 Å². The molecule has 1 saturated carbocycles. The largest absolute Gasteiger partial charge is 0.494 e. The molecule has 0 spiro atoms. The zero-order chi connectivity index (χ0) is 31.4. The van der Waals surface area contributed by atoms with E-state index in [4.69, 9.17) is 19.4 Å². The van der Waals surface area contributed by atoms with Gasteiger partial charge in [0, 0.05) is 25.4 Å². The van der Waals surface area contributed by atoms with Crippen LogP contribution < -0.4 is 10.1 Å². The van der Waals surface area contributed by atoms with Gasteiger partial charge in [0.15, 0.2) is 0 Å². The quantitative estimate of drug-likeness (QED) is 0.230. The summed E-state index contributed by atoms with van der Waals surface area (Å²) in [6.07, 6.45) is 10.9. The predicted molar refractivity (Wildman–Crippen MR) is 171 cm³/mol. The van der Waals surface area contributed by atoms with Gasteiger partial charge < -0.3 is 14.5 Å². The number of nitrogens with zero attached hydrogens (tertiary/aromatic N) is 5. The maximum atomic E-state index is 12.6. The SMILES string of the molecule is CC.CC.CCc1nnc(Cc2nc3c(OC)cc(C4C=CC(S(=O)N5CCC5)CC4)cc3s2)o1.N#CC1(NC=O)CC1. The van der Waals surface area contributed by atoms with E-state index >= 15 is 0 Å². The van der Waals surface area contributed by atoms with Gasteiger partial charge in [-0.05, 0) is 49.8 Å². The summed E-state index contributed by atoms with van der Waals surface area (Å²) in [4.78, 5) is 14.5. The third kappa shape index (κ3) is 8.71. The van der Waals surface area contributed by atoms with E-state index in [1.54, 1.807) is 18.4 Å². The lowest BCUT2D eigenvalue weighted by molar-refractivity contribution is -0.110. The molecule has 1 N–H and O–H groups in total. The van der Waals surface area contributed by atoms with Gasteiger partial charge in [0.2, 0.25) is 18.2 Å². The van der Waals surface area contributed by atoms with Gasteiger partial charge in [-0.2, -0.15) is 5.26 Å². The fraction of sp³-hybridized carbons (Fsp3) is 0.581. The summed E-state index contributed by atoms with van der Waals surface area (Å²) in [5, 5.41) is 20.0. The van der Waals surface area contributed by atoms with Crippen molar-refractivity contribution in [1.29, 1.82) is 5.26 Å². The molecule has 3 aliphatic rings. The Morgan fingerprint density at radius 2 is 1.91 bits per heavy atom. The maximum Gasteiger partial charge on any atom is 0.223 e. The Kier molecular flexibility index (Phi) is 13.3. The molecule has 1 amide bonds. The van der Waals surface area contributed by atoms with Crippen LogP contribution in [0.1, 0.15) is 95.0 Å². The van der Waals surface area contributed by atoms with E-state index in [9.17, 15) is 9.00 Å². The number of thiazole rings is 1. The minimum absolute atomic E-state index is 0.139. The number of benzene rings is 1. The average Bonchev–Trinajstić information content (AvgIpc) is 3.45. The van der Waals surface area contributed by atoms with Gasteiger partial charge in [0.1, 0.15) is 32.8 Å². The smallest absolute Gasteiger partial charge is 0.223 e. The van der Waals surface area contributed by atoms with E-state index in [2.05, 4.69) is 44.1 Å². The Hall–Kier alpha value is -3.14. The van der Waals surface area contributed by atoms with E-state index < -0.39 is 16.5 Å². The standard InChI is InChI=1S/C22H26N4O3S2.C5H6N2O.2C2H6/c1-3-19-24-25-20(29-19)13-21-23-22-17(28-2)11-15(12-18(22)30-21)14-5-7-16(8-6-14)31(27)26-9-4-10-26;6-3-5(1-2-5)7-4-8;2*1-2/h5,7,11-12,14,16H,3-4,6,8-10,13H2,1-2H3;4H,1-2H2,(H,7,8);2*1-2H3. The normalized spacial score (nSPS) is 20.4. The number of carbonyl (C=O) groups is 1. The number of aromatic nitrogens is 3. The average molecular weight is 629 g/mol. The monoisotopic (exact) mass is 628 g/mol. The molecule has 43 heavy (non-hydrogen) atoms. The number of allylic oxidation sites excluding steroid dienone is 1. The van der Waals surface area contributed by atoms with Crippen LogP contribution in [-0.2, 0) is 28.6 Å². The first kappa shape index (κ1) is 34.4. The molecule has 234 valence electrons. The number of amides is 1. The summed E-state index contributed by atoms with van der Waals surface area (Å²) in [5.41, 5.74) is 1.62. The highest BCUT2D eigenvalue weighted by Crippen LogP contribution is 2.38. The number of nitrogens with one attached hydrogen (secondary N) is 1. The van der Waals surface area contributed by atoms with Crippen molar-refractivity contribution >= 4 is 38.9 Å². The molecule has 1 aliphatic heterocycles. The van der Waals surface area contributed by atoms with E-state index in [1.807, 2.05) is 40.7 Å². The van der Waals surface area contributed by atoms with Crippen LogP contribution in [0.2, 0.25) is 0 Å². The molecule has 3 atom stereocenters. The van der Waals surface area contributed by atoms with E-state index in [-0.39, 0.29) is 5.25 Å². The second-order valence-corrected chi connectivity index (χ2v) is 12.7. The minimum Gasteiger partial charge on any atom is -0.494 e. The third-order valence-electron chi connectivity index (χ3n) is 7.24. The molecule has 1 aromatic carbocycles. The van der Waals surface area contributed by atoms with Crippen molar-refractivity contribution in [2.75, 3.05) is 20.2 Å². The fourth-order valence-electron chi connectivity index (χ4n) is 4.57. The third-order valence-corrected chi connectivity index (χ3v) is 10.0. The first-order valence-electron chi connectivity index (χ1n) is 15.2. The first-order valence-corrected chi connectivity index (χ1v) is 17.2. The summed E-state index contributed by atoms with van der Waals surface area (Å²) in [6, 6.07) is 6.32. The number of methoxy groups -OCH3 is 1. The highest BCUT2D eigenvalue weighted by molar-refractivity contribution is 7.83. The molecule has 1 saturated heterocycles. The molecular formula is C31H44N6O4S2. The van der Waals surface area contributed by atoms with Crippen LogP contribution in [0.4, 0.5) is 0 Å². The van der Waals surface area contributed by atoms with E-state index in [1.165, 1.54) is 5.56 Å². The van der Waals surface area contributed by atoms with Crippen LogP contribution in [0, 0.1) is 11.3 Å². The number of fused-ring (bicyclic) bond motifs is 1. The van der Waals surface area contributed by atoms with Gasteiger partial charge in [0.25, 0.3) is 0 Å². The molecule has 2 fully saturated rings. The zero-order valence-corrected chi connectivity index (χ0v) is 27.7. The van der Waals surface area contributed by atoms with Crippen LogP contribution >= 0.6 is 11.3 Å². The highest BCUT2D eigenvalue weighted by Gasteiger charge is 2.42. The summed E-state index contributed by atoms with van der Waals surface area (Å²) >= 11 is 1.64. The topological polar surface area (TPSA) is 134 Å². The van der Waals surface area contributed by atoms with E-state index in [0.717, 1.165) is 72.6 Å². The second kappa shape index (κ2) is 16.6. The lowest BCUT2D eigenvalue weighted by Gasteiger charge is -2.33. The summed E-state index contributed by atoms with van der Waals surface area (Å²) in [7, 11) is 0.801. The van der Waals surface area contributed by atoms with E-state index in [0.29, 0.717) is 30.5 Å². The number of carbonyl (C=O) groups excluding carboxylic acids is 1. The summed E-state index contributed by atoms with van der Waals surface area (Å²) < 4.78 is 27.1. The Morgan fingerprint density at radius 1 is 1.19 bits per heavy atom. The predicted octanol–water partition coefficient (Wildman–Crippen LogP) is 5.85. The fourth-order valence-corrected chi connectivity index (χ4v) is 7.16. The van der Waals surface area contributed by atoms with Gasteiger partial charge in [-0.25, -0.2) is 13.5 Å². The summed E-state index contributed by atoms with van der Waals surface area (Å²) in [6.45, 7) is 11.9. The van der Waals surface area contributed by atoms with Crippen LogP contribution in [0.5, 0.6) is 5.75 Å². The van der Waals surface area contributed by atoms with Crippen LogP contribution in [-0.4, -0.2) is 61.1 Å². The number of rotatable bonds is 9. The van der Waals surface area contributed by atoms with Crippen molar-refractivity contribution in [3.63, 3.8) is 0 Å². The molecule has 3 aromatic rings. The van der Waals surface area contributed by atoms with Crippen molar-refractivity contribution in [2.45, 2.75) is 96.3 Å². The van der Waals surface area contributed by atoms with Crippen molar-refractivity contribution in [3.8, 4) is 11.8 Å². The Bertz CT molecular complexity index is 1420. The number of ether oxygens (including phenoxy) is 1. The highest BCUT2D eigenvalue weighted by atomic mass is 32.2. The van der Waals surface area contributed by atoms with Crippen molar-refractivity contribution in [3.05, 3.63) is 46.6 Å². The number of hydrogen-bond donors (Lipinski definition) is 1. The maximum absolute atomic E-state index is 12.6. The number of nitriles is 1. The number of aryl methyl sites for hydroxylation is 1. The number of hydrogen-bond acceptors (Lipinski definition) is 9. The van der Waals surface area contributed by atoms with Crippen LogP contribution in [0.25, 0.3) is 10.2 Å². The molecule has 2 aromatic heterocycles. The molecular weight excluding hydrogens is 585 g/mol. The van der Waals surface area contributed by atoms with Gasteiger partial charge in [-0.1, -0.05) is 46.8 Å².